The first-order chi connectivity index (χ1) is 10.3. The summed E-state index contributed by atoms with van der Waals surface area (Å²) in [5.74, 6) is -1.17. The molecule has 120 valence electrons. The number of aromatic amines is 1. The van der Waals surface area contributed by atoms with E-state index in [0.29, 0.717) is 30.9 Å². The Morgan fingerprint density at radius 1 is 1.32 bits per heavy atom. The molecule has 1 aromatic heterocycles. The number of amides is 1. The second-order valence-electron chi connectivity index (χ2n) is 6.40. The minimum atomic E-state index is -1.20. The van der Waals surface area contributed by atoms with Crippen LogP contribution in [0.3, 0.4) is 0 Å². The fraction of sp³-hybridized carbons (Fsp3) is 0.562. The van der Waals surface area contributed by atoms with Crippen molar-refractivity contribution in [3.05, 3.63) is 33.7 Å². The summed E-state index contributed by atoms with van der Waals surface area (Å²) in [6, 6.07) is 2.84. The van der Waals surface area contributed by atoms with E-state index >= 15 is 0 Å². The van der Waals surface area contributed by atoms with Crippen LogP contribution in [-0.2, 0) is 11.2 Å². The Balaban J connectivity index is 2.24. The zero-order valence-electron chi connectivity index (χ0n) is 12.9. The fourth-order valence-corrected chi connectivity index (χ4v) is 2.94. The third kappa shape index (κ3) is 3.55. The van der Waals surface area contributed by atoms with E-state index in [0.717, 1.165) is 12.8 Å². The smallest absolute Gasteiger partial charge is 0.329 e. The van der Waals surface area contributed by atoms with Gasteiger partial charge in [0.2, 0.25) is 5.56 Å². The largest absolute Gasteiger partial charge is 0.480 e. The van der Waals surface area contributed by atoms with Crippen LogP contribution in [0.2, 0.25) is 0 Å². The topological polar surface area (TPSA) is 99.3 Å². The molecule has 22 heavy (non-hydrogen) atoms. The summed E-state index contributed by atoms with van der Waals surface area (Å²) >= 11 is 0. The van der Waals surface area contributed by atoms with E-state index in [1.807, 2.05) is 13.8 Å². The van der Waals surface area contributed by atoms with Gasteiger partial charge in [-0.15, -0.1) is 0 Å². The third-order valence-electron chi connectivity index (χ3n) is 4.01. The van der Waals surface area contributed by atoms with Gasteiger partial charge in [-0.2, -0.15) is 0 Å². The van der Waals surface area contributed by atoms with Gasteiger partial charge in [0.1, 0.15) is 5.54 Å². The summed E-state index contributed by atoms with van der Waals surface area (Å²) in [5.41, 5.74) is -0.646. The molecule has 0 saturated heterocycles. The molecule has 1 fully saturated rings. The quantitative estimate of drug-likeness (QED) is 0.771. The number of carbonyl (C=O) groups is 2. The predicted molar refractivity (Wildman–Crippen MR) is 81.9 cm³/mol. The predicted octanol–water partition coefficient (Wildman–Crippen LogP) is 1.70. The fourth-order valence-electron chi connectivity index (χ4n) is 2.94. The normalized spacial score (nSPS) is 16.7. The Morgan fingerprint density at radius 2 is 1.95 bits per heavy atom. The lowest BCUT2D eigenvalue weighted by Gasteiger charge is -2.25. The molecule has 0 aliphatic heterocycles. The van der Waals surface area contributed by atoms with E-state index in [-0.39, 0.29) is 11.1 Å². The molecule has 0 radical (unpaired) electrons. The second kappa shape index (κ2) is 6.34. The highest BCUT2D eigenvalue weighted by Crippen LogP contribution is 2.30. The van der Waals surface area contributed by atoms with Crippen molar-refractivity contribution in [1.82, 2.24) is 10.3 Å². The van der Waals surface area contributed by atoms with Gasteiger partial charge in [0.15, 0.2) is 0 Å². The maximum absolute atomic E-state index is 12.4. The molecule has 1 amide bonds. The SMILES string of the molecule is CC(C)Cc1cc(C(=O)NC2(C(=O)O)CCCC2)cc(=O)[nH]1. The van der Waals surface area contributed by atoms with Gasteiger partial charge in [-0.1, -0.05) is 26.7 Å². The first-order valence-electron chi connectivity index (χ1n) is 7.61. The molecule has 0 bridgehead atoms. The molecule has 1 aliphatic carbocycles. The summed E-state index contributed by atoms with van der Waals surface area (Å²) in [6.45, 7) is 4.03. The zero-order chi connectivity index (χ0) is 16.3. The molecule has 6 nitrogen and oxygen atoms in total. The number of carbonyl (C=O) groups excluding carboxylic acids is 1. The van der Waals surface area contributed by atoms with Gasteiger partial charge in [-0.25, -0.2) is 4.79 Å². The van der Waals surface area contributed by atoms with Crippen LogP contribution in [0.15, 0.2) is 16.9 Å². The van der Waals surface area contributed by atoms with E-state index in [9.17, 15) is 19.5 Å². The Hall–Kier alpha value is -2.11. The lowest BCUT2D eigenvalue weighted by Crippen LogP contribution is -2.52. The average molecular weight is 306 g/mol. The van der Waals surface area contributed by atoms with Gasteiger partial charge >= 0.3 is 5.97 Å². The van der Waals surface area contributed by atoms with E-state index < -0.39 is 17.4 Å². The number of nitrogens with one attached hydrogen (secondary N) is 2. The summed E-state index contributed by atoms with van der Waals surface area (Å²) in [4.78, 5) is 38.3. The van der Waals surface area contributed by atoms with Crippen LogP contribution < -0.4 is 10.9 Å². The number of hydrogen-bond acceptors (Lipinski definition) is 3. The molecule has 0 unspecified atom stereocenters. The average Bonchev–Trinajstić information content (AvgIpc) is 2.87. The van der Waals surface area contributed by atoms with Crippen LogP contribution in [0, 0.1) is 5.92 Å². The van der Waals surface area contributed by atoms with Crippen LogP contribution in [0.25, 0.3) is 0 Å². The maximum Gasteiger partial charge on any atom is 0.329 e. The molecule has 3 N–H and O–H groups in total. The molecule has 2 rings (SSSR count). The van der Waals surface area contributed by atoms with Crippen molar-refractivity contribution in [2.75, 3.05) is 0 Å². The first kappa shape index (κ1) is 16.3. The molecule has 1 aliphatic rings. The van der Waals surface area contributed by atoms with Crippen molar-refractivity contribution in [2.45, 2.75) is 51.5 Å². The summed E-state index contributed by atoms with van der Waals surface area (Å²) in [5, 5.41) is 12.0. The van der Waals surface area contributed by atoms with Crippen LogP contribution in [0.1, 0.15) is 55.6 Å². The molecule has 6 heteroatoms. The molecular weight excluding hydrogens is 284 g/mol. The number of carboxylic acid groups (broad SMARTS) is 1. The van der Waals surface area contributed by atoms with Crippen molar-refractivity contribution < 1.29 is 14.7 Å². The monoisotopic (exact) mass is 306 g/mol. The van der Waals surface area contributed by atoms with E-state index in [1.54, 1.807) is 6.07 Å². The Kier molecular flexibility index (Phi) is 4.68. The third-order valence-corrected chi connectivity index (χ3v) is 4.01. The second-order valence-corrected chi connectivity index (χ2v) is 6.40. The van der Waals surface area contributed by atoms with Crippen molar-refractivity contribution in [3.63, 3.8) is 0 Å². The molecular formula is C16H22N2O4. The van der Waals surface area contributed by atoms with Gasteiger partial charge in [0, 0.05) is 17.3 Å². The standard InChI is InChI=1S/C16H22N2O4/c1-10(2)7-12-8-11(9-13(19)17-12)14(20)18-16(15(21)22)5-3-4-6-16/h8-10H,3-7H2,1-2H3,(H,17,19)(H,18,20)(H,21,22). The number of pyridine rings is 1. The van der Waals surface area contributed by atoms with Gasteiger partial charge in [0.25, 0.3) is 5.91 Å². The number of H-pyrrole nitrogens is 1. The molecule has 1 saturated carbocycles. The highest BCUT2D eigenvalue weighted by atomic mass is 16.4. The Morgan fingerprint density at radius 3 is 2.50 bits per heavy atom. The van der Waals surface area contributed by atoms with Gasteiger partial charge in [-0.3, -0.25) is 9.59 Å². The van der Waals surface area contributed by atoms with Gasteiger partial charge < -0.3 is 15.4 Å². The Labute approximate surface area is 128 Å². The minimum absolute atomic E-state index is 0.215. The highest BCUT2D eigenvalue weighted by molar-refractivity contribution is 5.98. The van der Waals surface area contributed by atoms with Crippen molar-refractivity contribution in [1.29, 1.82) is 0 Å². The molecule has 0 aromatic carbocycles. The van der Waals surface area contributed by atoms with Crippen molar-refractivity contribution >= 4 is 11.9 Å². The summed E-state index contributed by atoms with van der Waals surface area (Å²) < 4.78 is 0. The number of hydrogen-bond donors (Lipinski definition) is 3. The molecule has 0 atom stereocenters. The minimum Gasteiger partial charge on any atom is -0.480 e. The van der Waals surface area contributed by atoms with Gasteiger partial charge in [0.05, 0.1) is 0 Å². The van der Waals surface area contributed by atoms with E-state index in [2.05, 4.69) is 10.3 Å². The zero-order valence-corrected chi connectivity index (χ0v) is 12.9. The summed E-state index contributed by atoms with van der Waals surface area (Å²) in [7, 11) is 0. The number of carboxylic acids is 1. The molecule has 1 aromatic rings. The van der Waals surface area contributed by atoms with Gasteiger partial charge in [-0.05, 0) is 31.2 Å². The molecule has 0 spiro atoms. The van der Waals surface area contributed by atoms with E-state index in [4.69, 9.17) is 0 Å². The van der Waals surface area contributed by atoms with Crippen molar-refractivity contribution in [3.8, 4) is 0 Å². The van der Waals surface area contributed by atoms with E-state index in [1.165, 1.54) is 6.07 Å². The lowest BCUT2D eigenvalue weighted by molar-refractivity contribution is -0.144. The van der Waals surface area contributed by atoms with Crippen LogP contribution in [0.5, 0.6) is 0 Å². The maximum atomic E-state index is 12.4. The number of aliphatic carboxylic acids is 1. The first-order valence-corrected chi connectivity index (χ1v) is 7.61. The summed E-state index contributed by atoms with van der Waals surface area (Å²) in [6.07, 6.45) is 3.06. The lowest BCUT2D eigenvalue weighted by atomic mass is 9.97. The number of rotatable bonds is 5. The van der Waals surface area contributed by atoms with Crippen LogP contribution >= 0.6 is 0 Å². The van der Waals surface area contributed by atoms with Crippen molar-refractivity contribution in [2.24, 2.45) is 5.92 Å². The van der Waals surface area contributed by atoms with Crippen LogP contribution in [0.4, 0.5) is 0 Å². The Bertz CT molecular complexity index is 627. The molecule has 1 heterocycles. The van der Waals surface area contributed by atoms with Crippen LogP contribution in [-0.4, -0.2) is 27.5 Å². The highest BCUT2D eigenvalue weighted by Gasteiger charge is 2.42. The number of aromatic nitrogens is 1.